The lowest BCUT2D eigenvalue weighted by atomic mass is 10.0. The minimum absolute atomic E-state index is 0.556. The van der Waals surface area contributed by atoms with Crippen molar-refractivity contribution < 1.29 is 0 Å². The molecule has 0 saturated heterocycles. The molecule has 13 heavy (non-hydrogen) atoms. The Morgan fingerprint density at radius 2 is 2.08 bits per heavy atom. The van der Waals surface area contributed by atoms with E-state index < -0.39 is 0 Å². The third kappa shape index (κ3) is 2.23. The third-order valence-corrected chi connectivity index (χ3v) is 2.78. The van der Waals surface area contributed by atoms with Crippen molar-refractivity contribution in [2.45, 2.75) is 26.7 Å². The van der Waals surface area contributed by atoms with Crippen LogP contribution in [0.5, 0.6) is 0 Å². The summed E-state index contributed by atoms with van der Waals surface area (Å²) in [6.45, 7) is 3.99. The largest absolute Gasteiger partial charge is 0.198 e. The van der Waals surface area contributed by atoms with Gasteiger partial charge in [0.15, 0.2) is 0 Å². The van der Waals surface area contributed by atoms with Crippen molar-refractivity contribution in [1.82, 2.24) is 0 Å². The molecule has 0 heterocycles. The Morgan fingerprint density at radius 3 is 2.69 bits per heavy atom. The summed E-state index contributed by atoms with van der Waals surface area (Å²) in [5.41, 5.74) is 3.38. The molecule has 1 nitrogen and oxygen atoms in total. The van der Waals surface area contributed by atoms with Gasteiger partial charge in [0.25, 0.3) is 0 Å². The van der Waals surface area contributed by atoms with Crippen LogP contribution in [0.3, 0.4) is 0 Å². The monoisotopic (exact) mass is 193 g/mol. The first-order valence-corrected chi connectivity index (χ1v) is 4.66. The predicted molar refractivity (Wildman–Crippen MR) is 54.9 cm³/mol. The fourth-order valence-electron chi connectivity index (χ4n) is 1.32. The van der Waals surface area contributed by atoms with Crippen LogP contribution in [0.4, 0.5) is 0 Å². The minimum atomic E-state index is 0.556. The zero-order valence-electron chi connectivity index (χ0n) is 7.89. The Hall–Kier alpha value is -1.00. The summed E-state index contributed by atoms with van der Waals surface area (Å²) in [7, 11) is 0. The number of hydrogen-bond donors (Lipinski definition) is 0. The lowest BCUT2D eigenvalue weighted by molar-refractivity contribution is 0.994. The standard InChI is InChI=1S/C11H12ClN/c1-8-5-6-10(4-3-7-13)9(2)11(8)12/h5-6H,3-4H2,1-2H3. The molecule has 1 rings (SSSR count). The lowest BCUT2D eigenvalue weighted by Crippen LogP contribution is -1.91. The van der Waals surface area contributed by atoms with Gasteiger partial charge >= 0.3 is 0 Å². The fourth-order valence-corrected chi connectivity index (χ4v) is 1.51. The van der Waals surface area contributed by atoms with Crippen LogP contribution in [0.25, 0.3) is 0 Å². The Labute approximate surface area is 84.0 Å². The van der Waals surface area contributed by atoms with Crippen molar-refractivity contribution in [2.24, 2.45) is 0 Å². The zero-order valence-corrected chi connectivity index (χ0v) is 8.65. The Bertz CT molecular complexity index is 350. The molecule has 1 aromatic rings. The van der Waals surface area contributed by atoms with Gasteiger partial charge in [0.05, 0.1) is 6.07 Å². The number of benzene rings is 1. The normalized spacial score (nSPS) is 9.69. The van der Waals surface area contributed by atoms with Crippen molar-refractivity contribution >= 4 is 11.6 Å². The molecule has 0 spiro atoms. The van der Waals surface area contributed by atoms with Crippen LogP contribution in [-0.4, -0.2) is 0 Å². The molecule has 0 radical (unpaired) electrons. The van der Waals surface area contributed by atoms with Crippen LogP contribution in [-0.2, 0) is 6.42 Å². The summed E-state index contributed by atoms with van der Waals surface area (Å²) >= 11 is 6.08. The van der Waals surface area contributed by atoms with E-state index in [0.29, 0.717) is 6.42 Å². The van der Waals surface area contributed by atoms with Gasteiger partial charge in [0.1, 0.15) is 0 Å². The Kier molecular flexibility index (Phi) is 3.33. The van der Waals surface area contributed by atoms with Gasteiger partial charge in [-0.2, -0.15) is 5.26 Å². The number of halogens is 1. The highest BCUT2D eigenvalue weighted by atomic mass is 35.5. The van der Waals surface area contributed by atoms with E-state index in [0.717, 1.165) is 22.6 Å². The van der Waals surface area contributed by atoms with Crippen LogP contribution in [0.15, 0.2) is 12.1 Å². The van der Waals surface area contributed by atoms with Crippen molar-refractivity contribution in [3.8, 4) is 6.07 Å². The molecule has 0 aliphatic heterocycles. The highest BCUT2D eigenvalue weighted by Crippen LogP contribution is 2.23. The van der Waals surface area contributed by atoms with Crippen molar-refractivity contribution in [1.29, 1.82) is 5.26 Å². The second-order valence-electron chi connectivity index (χ2n) is 3.14. The molecule has 0 bridgehead atoms. The van der Waals surface area contributed by atoms with Gasteiger partial charge in [0.2, 0.25) is 0 Å². The van der Waals surface area contributed by atoms with Gasteiger partial charge in [0, 0.05) is 11.4 Å². The maximum Gasteiger partial charge on any atom is 0.0625 e. The molecule has 0 aliphatic rings. The smallest absolute Gasteiger partial charge is 0.0625 e. The second-order valence-corrected chi connectivity index (χ2v) is 3.52. The first kappa shape index (κ1) is 10.1. The number of hydrogen-bond acceptors (Lipinski definition) is 1. The zero-order chi connectivity index (χ0) is 9.84. The van der Waals surface area contributed by atoms with Crippen LogP contribution in [0, 0.1) is 25.2 Å². The molecule has 2 heteroatoms. The summed E-state index contributed by atoms with van der Waals surface area (Å²) in [6.07, 6.45) is 1.35. The predicted octanol–water partition coefficient (Wildman–Crippen LogP) is 3.41. The molecule has 0 aromatic heterocycles. The summed E-state index contributed by atoms with van der Waals surface area (Å²) in [6, 6.07) is 6.19. The first-order chi connectivity index (χ1) is 6.16. The molecular weight excluding hydrogens is 182 g/mol. The summed E-state index contributed by atoms with van der Waals surface area (Å²) in [4.78, 5) is 0. The first-order valence-electron chi connectivity index (χ1n) is 4.28. The molecule has 0 fully saturated rings. The molecule has 1 aromatic carbocycles. The molecule has 0 aliphatic carbocycles. The highest BCUT2D eigenvalue weighted by Gasteiger charge is 2.04. The molecular formula is C11H12ClN. The van der Waals surface area contributed by atoms with Gasteiger partial charge in [-0.3, -0.25) is 0 Å². The van der Waals surface area contributed by atoms with Crippen molar-refractivity contribution in [3.63, 3.8) is 0 Å². The maximum absolute atomic E-state index is 8.46. The topological polar surface area (TPSA) is 23.8 Å². The van der Waals surface area contributed by atoms with Gasteiger partial charge in [-0.05, 0) is 37.0 Å². The van der Waals surface area contributed by atoms with Gasteiger partial charge in [-0.15, -0.1) is 0 Å². The average molecular weight is 194 g/mol. The molecule has 68 valence electrons. The Balaban J connectivity index is 2.98. The summed E-state index contributed by atoms with van der Waals surface area (Å²) in [5, 5.41) is 9.29. The van der Waals surface area contributed by atoms with Gasteiger partial charge in [-0.25, -0.2) is 0 Å². The van der Waals surface area contributed by atoms with E-state index in [1.165, 1.54) is 5.56 Å². The number of nitriles is 1. The molecule has 0 N–H and O–H groups in total. The third-order valence-electron chi connectivity index (χ3n) is 2.20. The summed E-state index contributed by atoms with van der Waals surface area (Å²) in [5.74, 6) is 0. The number of aryl methyl sites for hydroxylation is 2. The van der Waals surface area contributed by atoms with Crippen molar-refractivity contribution in [3.05, 3.63) is 33.8 Å². The molecule has 0 unspecified atom stereocenters. The summed E-state index contributed by atoms with van der Waals surface area (Å²) < 4.78 is 0. The Morgan fingerprint density at radius 1 is 1.38 bits per heavy atom. The average Bonchev–Trinajstić information content (AvgIpc) is 2.13. The molecule has 0 saturated carbocycles. The van der Waals surface area contributed by atoms with E-state index in [-0.39, 0.29) is 0 Å². The van der Waals surface area contributed by atoms with E-state index in [1.54, 1.807) is 0 Å². The maximum atomic E-state index is 8.46. The number of nitrogens with zero attached hydrogens (tertiary/aromatic N) is 1. The van der Waals surface area contributed by atoms with E-state index in [1.807, 2.05) is 26.0 Å². The molecule has 0 atom stereocenters. The van der Waals surface area contributed by atoms with E-state index in [4.69, 9.17) is 16.9 Å². The highest BCUT2D eigenvalue weighted by molar-refractivity contribution is 6.32. The second kappa shape index (κ2) is 4.30. The van der Waals surface area contributed by atoms with E-state index in [2.05, 4.69) is 6.07 Å². The lowest BCUT2D eigenvalue weighted by Gasteiger charge is -2.07. The quantitative estimate of drug-likeness (QED) is 0.706. The minimum Gasteiger partial charge on any atom is -0.198 e. The van der Waals surface area contributed by atoms with Crippen molar-refractivity contribution in [2.75, 3.05) is 0 Å². The van der Waals surface area contributed by atoms with Crippen LogP contribution < -0.4 is 0 Å². The van der Waals surface area contributed by atoms with Crippen LogP contribution in [0.2, 0.25) is 5.02 Å². The fraction of sp³-hybridized carbons (Fsp3) is 0.364. The van der Waals surface area contributed by atoms with E-state index >= 15 is 0 Å². The van der Waals surface area contributed by atoms with Gasteiger partial charge in [-0.1, -0.05) is 23.7 Å². The molecule has 0 amide bonds. The SMILES string of the molecule is Cc1ccc(CCC#N)c(C)c1Cl. The van der Waals surface area contributed by atoms with Crippen LogP contribution in [0.1, 0.15) is 23.1 Å². The van der Waals surface area contributed by atoms with Crippen LogP contribution >= 0.6 is 11.6 Å². The van der Waals surface area contributed by atoms with E-state index in [9.17, 15) is 0 Å². The number of rotatable bonds is 2. The van der Waals surface area contributed by atoms with Gasteiger partial charge < -0.3 is 0 Å².